The molecule has 47 heavy (non-hydrogen) atoms. The van der Waals surface area contributed by atoms with Crippen molar-refractivity contribution in [3.8, 4) is 22.3 Å². The van der Waals surface area contributed by atoms with Crippen LogP contribution in [-0.4, -0.2) is 11.7 Å². The van der Waals surface area contributed by atoms with Crippen LogP contribution in [0.2, 0.25) is 0 Å². The van der Waals surface area contributed by atoms with E-state index >= 15 is 0 Å². The van der Waals surface area contributed by atoms with Crippen molar-refractivity contribution < 1.29 is 4.42 Å². The number of hydrogen-bond acceptors (Lipinski definition) is 2. The predicted molar refractivity (Wildman–Crippen MR) is 196 cm³/mol. The molecule has 4 heteroatoms. The zero-order valence-electron chi connectivity index (χ0n) is 25.7. The molecule has 0 unspecified atom stereocenters. The van der Waals surface area contributed by atoms with Crippen LogP contribution in [0.4, 0.5) is 0 Å². The summed E-state index contributed by atoms with van der Waals surface area (Å²) in [5.41, 5.74) is 15.8. The molecule has 0 fully saturated rings. The fraction of sp³-hybridized carbons (Fsp3) is 0.0233. The molecule has 1 heterocycles. The second-order valence-corrected chi connectivity index (χ2v) is 11.5. The highest BCUT2D eigenvalue weighted by Crippen LogP contribution is 2.40. The molecule has 0 aliphatic heterocycles. The van der Waals surface area contributed by atoms with Gasteiger partial charge in [0.25, 0.3) is 0 Å². The monoisotopic (exact) mass is 605 g/mol. The summed E-state index contributed by atoms with van der Waals surface area (Å²) < 4.78 is 6.33. The first-order valence-electron chi connectivity index (χ1n) is 15.7. The van der Waals surface area contributed by atoms with E-state index < -0.39 is 0 Å². The van der Waals surface area contributed by atoms with E-state index in [1.54, 1.807) is 0 Å². The van der Waals surface area contributed by atoms with E-state index in [1.165, 1.54) is 10.9 Å². The van der Waals surface area contributed by atoms with E-state index in [-0.39, 0.29) is 0 Å². The average Bonchev–Trinajstić information content (AvgIpc) is 3.53. The number of benzene rings is 7. The molecule has 8 aromatic rings. The van der Waals surface area contributed by atoms with E-state index in [1.807, 2.05) is 72.8 Å². The number of hydrogen-bond donors (Lipinski definition) is 1. The van der Waals surface area contributed by atoms with Gasteiger partial charge in [-0.1, -0.05) is 152 Å². The molecular weight excluding hydrogens is 574 g/mol. The molecule has 0 spiro atoms. The van der Waals surface area contributed by atoms with Gasteiger partial charge in [-0.3, -0.25) is 4.99 Å². The van der Waals surface area contributed by atoms with Gasteiger partial charge in [0.1, 0.15) is 17.0 Å². The van der Waals surface area contributed by atoms with Crippen LogP contribution >= 0.6 is 0 Å². The Kier molecular flexibility index (Phi) is 7.37. The first kappa shape index (κ1) is 28.2. The predicted octanol–water partition coefficient (Wildman–Crippen LogP) is 10.4. The molecular formula is C43H31N3O. The summed E-state index contributed by atoms with van der Waals surface area (Å²) in [4.78, 5) is 9.78. The summed E-state index contributed by atoms with van der Waals surface area (Å²) >= 11 is 0. The first-order valence-corrected chi connectivity index (χ1v) is 15.7. The number of aliphatic imine (C=N–C) groups is 2. The molecule has 0 aliphatic carbocycles. The number of amidine groups is 2. The van der Waals surface area contributed by atoms with Gasteiger partial charge in [0.05, 0.1) is 6.54 Å². The van der Waals surface area contributed by atoms with Gasteiger partial charge in [-0.15, -0.1) is 0 Å². The van der Waals surface area contributed by atoms with Crippen molar-refractivity contribution >= 4 is 44.4 Å². The molecule has 0 saturated carbocycles. The Hall–Kier alpha value is -6.26. The van der Waals surface area contributed by atoms with Crippen molar-refractivity contribution in [1.82, 2.24) is 0 Å². The van der Waals surface area contributed by atoms with Gasteiger partial charge < -0.3 is 10.2 Å². The second-order valence-electron chi connectivity index (χ2n) is 11.5. The molecule has 224 valence electrons. The lowest BCUT2D eigenvalue weighted by Crippen LogP contribution is -2.16. The second kappa shape index (κ2) is 12.3. The minimum Gasteiger partial charge on any atom is -0.455 e. The molecule has 0 aliphatic rings. The van der Waals surface area contributed by atoms with E-state index in [0.29, 0.717) is 18.2 Å². The Balaban J connectivity index is 1.16. The highest BCUT2D eigenvalue weighted by Gasteiger charge is 2.15. The lowest BCUT2D eigenvalue weighted by Gasteiger charge is -2.12. The van der Waals surface area contributed by atoms with Crippen LogP contribution in [0.25, 0.3) is 55.0 Å². The zero-order valence-corrected chi connectivity index (χ0v) is 25.7. The molecule has 0 bridgehead atoms. The molecule has 8 rings (SSSR count). The van der Waals surface area contributed by atoms with E-state index in [9.17, 15) is 0 Å². The Morgan fingerprint density at radius 3 is 1.83 bits per heavy atom. The van der Waals surface area contributed by atoms with Crippen LogP contribution in [0.5, 0.6) is 0 Å². The molecule has 0 saturated heterocycles. The quantitative estimate of drug-likeness (QED) is 0.151. The summed E-state index contributed by atoms with van der Waals surface area (Å²) in [6, 6.07) is 56.1. The van der Waals surface area contributed by atoms with E-state index in [4.69, 9.17) is 20.1 Å². The molecule has 2 N–H and O–H groups in total. The number of para-hydroxylation sites is 1. The van der Waals surface area contributed by atoms with Crippen LogP contribution in [0, 0.1) is 0 Å². The summed E-state index contributed by atoms with van der Waals surface area (Å²) in [5, 5.41) is 4.55. The third-order valence-electron chi connectivity index (χ3n) is 8.64. The van der Waals surface area contributed by atoms with Crippen molar-refractivity contribution in [2.24, 2.45) is 15.7 Å². The van der Waals surface area contributed by atoms with Gasteiger partial charge in [0.15, 0.2) is 5.84 Å². The fourth-order valence-corrected chi connectivity index (χ4v) is 6.28. The van der Waals surface area contributed by atoms with Crippen LogP contribution in [-0.2, 0) is 6.54 Å². The lowest BCUT2D eigenvalue weighted by atomic mass is 9.93. The van der Waals surface area contributed by atoms with Crippen LogP contribution in [0.1, 0.15) is 16.7 Å². The van der Waals surface area contributed by atoms with Crippen molar-refractivity contribution in [2.75, 3.05) is 0 Å². The first-order chi connectivity index (χ1) is 23.2. The van der Waals surface area contributed by atoms with E-state index in [0.717, 1.165) is 60.7 Å². The zero-order chi connectivity index (χ0) is 31.6. The van der Waals surface area contributed by atoms with Crippen LogP contribution < -0.4 is 5.73 Å². The minimum atomic E-state index is 0.436. The highest BCUT2D eigenvalue weighted by atomic mass is 16.3. The maximum Gasteiger partial charge on any atom is 0.157 e. The standard InChI is InChI=1S/C43H31N3O/c44-42(31-13-3-1-4-14-31)46-43(32-15-5-2-6-16-32)45-28-33-17-7-8-18-34(33)29-23-25-30(26-24-29)38-27-39-36-20-11-12-22-40(36)47-41(39)37-21-10-9-19-35(37)38/h1-27H,28H2,(H2,44,45,46). The Morgan fingerprint density at radius 1 is 0.511 bits per heavy atom. The Morgan fingerprint density at radius 2 is 1.09 bits per heavy atom. The SMILES string of the molecule is N/C(=N\C(=N/Cc1ccccc1-c1ccc(-c2cc3c4ccccc4oc3c3ccccc23)cc1)c1ccccc1)c1ccccc1. The molecule has 4 nitrogen and oxygen atoms in total. The van der Waals surface area contributed by atoms with E-state index in [2.05, 4.69) is 91.0 Å². The van der Waals surface area contributed by atoms with Crippen molar-refractivity contribution in [3.05, 3.63) is 180 Å². The number of furan rings is 1. The topological polar surface area (TPSA) is 63.9 Å². The molecule has 0 amide bonds. The van der Waals surface area contributed by atoms with Crippen LogP contribution in [0.3, 0.4) is 0 Å². The van der Waals surface area contributed by atoms with Gasteiger partial charge in [0, 0.05) is 27.3 Å². The number of rotatable bonds is 6. The Bertz CT molecular complexity index is 2420. The molecule has 7 aromatic carbocycles. The summed E-state index contributed by atoms with van der Waals surface area (Å²) in [7, 11) is 0. The normalized spacial score (nSPS) is 12.3. The molecule has 0 atom stereocenters. The fourth-order valence-electron chi connectivity index (χ4n) is 6.28. The van der Waals surface area contributed by atoms with Gasteiger partial charge in [-0.2, -0.15) is 0 Å². The average molecular weight is 606 g/mol. The lowest BCUT2D eigenvalue weighted by molar-refractivity contribution is 0.672. The molecule has 1 aromatic heterocycles. The number of nitrogens with two attached hydrogens (primary N) is 1. The smallest absolute Gasteiger partial charge is 0.157 e. The van der Waals surface area contributed by atoms with Gasteiger partial charge >= 0.3 is 0 Å². The van der Waals surface area contributed by atoms with Crippen molar-refractivity contribution in [1.29, 1.82) is 0 Å². The highest BCUT2D eigenvalue weighted by molar-refractivity contribution is 6.19. The van der Waals surface area contributed by atoms with Gasteiger partial charge in [-0.05, 0) is 45.3 Å². The summed E-state index contributed by atoms with van der Waals surface area (Å²) in [6.07, 6.45) is 0. The summed E-state index contributed by atoms with van der Waals surface area (Å²) in [5.74, 6) is 1.04. The largest absolute Gasteiger partial charge is 0.455 e. The number of nitrogens with zero attached hydrogens (tertiary/aromatic N) is 2. The third-order valence-corrected chi connectivity index (χ3v) is 8.64. The van der Waals surface area contributed by atoms with Crippen molar-refractivity contribution in [3.63, 3.8) is 0 Å². The van der Waals surface area contributed by atoms with Crippen molar-refractivity contribution in [2.45, 2.75) is 6.54 Å². The third kappa shape index (κ3) is 5.47. The van der Waals surface area contributed by atoms with Gasteiger partial charge in [0.2, 0.25) is 0 Å². The number of fused-ring (bicyclic) bond motifs is 5. The Labute approximate surface area is 273 Å². The maximum absolute atomic E-state index is 6.44. The van der Waals surface area contributed by atoms with Crippen LogP contribution in [0.15, 0.2) is 178 Å². The minimum absolute atomic E-state index is 0.436. The van der Waals surface area contributed by atoms with Gasteiger partial charge in [-0.25, -0.2) is 4.99 Å². The molecule has 0 radical (unpaired) electrons. The maximum atomic E-state index is 6.44. The summed E-state index contributed by atoms with van der Waals surface area (Å²) in [6.45, 7) is 0.461.